The van der Waals surface area contributed by atoms with Gasteiger partial charge in [-0.25, -0.2) is 0 Å². The average molecular weight is 304 g/mol. The van der Waals surface area contributed by atoms with Crippen molar-refractivity contribution >= 4 is 5.78 Å². The van der Waals surface area contributed by atoms with E-state index in [0.717, 1.165) is 35.0 Å². The van der Waals surface area contributed by atoms with Crippen LogP contribution in [0.1, 0.15) is 56.1 Å². The fraction of sp³-hybridized carbons (Fsp3) is 0.632. The van der Waals surface area contributed by atoms with Crippen LogP contribution >= 0.6 is 0 Å². The van der Waals surface area contributed by atoms with E-state index in [0.29, 0.717) is 18.6 Å². The number of carbonyl (C=O) groups is 1. The molecule has 122 valence electrons. The molecule has 0 aromatic heterocycles. The minimum atomic E-state index is 0.301. The molecule has 1 aliphatic rings. The van der Waals surface area contributed by atoms with Gasteiger partial charge in [0, 0.05) is 18.4 Å². The average Bonchev–Trinajstić information content (AvgIpc) is 2.55. The van der Waals surface area contributed by atoms with E-state index >= 15 is 0 Å². The van der Waals surface area contributed by atoms with Gasteiger partial charge in [-0.2, -0.15) is 0 Å². The standard InChI is InChI=1S/C19H28O3/c1-14-11-19(22-3)16(13-18(14)21-2)12-17(20)10-9-15-7-5-4-6-8-15/h11,13,15H,4-10,12H2,1-3H3. The van der Waals surface area contributed by atoms with Crippen molar-refractivity contribution in [3.8, 4) is 11.5 Å². The lowest BCUT2D eigenvalue weighted by molar-refractivity contribution is -0.118. The molecule has 0 N–H and O–H groups in total. The Morgan fingerprint density at radius 1 is 1.09 bits per heavy atom. The van der Waals surface area contributed by atoms with Gasteiger partial charge in [-0.15, -0.1) is 0 Å². The van der Waals surface area contributed by atoms with Gasteiger partial charge in [0.15, 0.2) is 0 Å². The van der Waals surface area contributed by atoms with Crippen molar-refractivity contribution in [1.29, 1.82) is 0 Å². The number of benzene rings is 1. The summed E-state index contributed by atoms with van der Waals surface area (Å²) in [6.45, 7) is 1.98. The van der Waals surface area contributed by atoms with E-state index in [1.165, 1.54) is 32.1 Å². The molecule has 1 fully saturated rings. The van der Waals surface area contributed by atoms with E-state index in [1.807, 2.05) is 19.1 Å². The summed E-state index contributed by atoms with van der Waals surface area (Å²) in [6.07, 6.45) is 8.80. The number of methoxy groups -OCH3 is 2. The number of ether oxygens (including phenoxy) is 2. The quantitative estimate of drug-likeness (QED) is 0.745. The van der Waals surface area contributed by atoms with Gasteiger partial charge in [-0.3, -0.25) is 4.79 Å². The maximum absolute atomic E-state index is 12.3. The van der Waals surface area contributed by atoms with E-state index in [9.17, 15) is 4.79 Å². The summed E-state index contributed by atoms with van der Waals surface area (Å²) >= 11 is 0. The first-order valence-corrected chi connectivity index (χ1v) is 8.37. The number of Topliss-reactive ketones (excluding diaryl/α,β-unsaturated/α-hetero) is 1. The number of aryl methyl sites for hydroxylation is 1. The van der Waals surface area contributed by atoms with E-state index in [2.05, 4.69) is 0 Å². The Bertz CT molecular complexity index is 502. The number of ketones is 1. The van der Waals surface area contributed by atoms with Crippen molar-refractivity contribution in [3.05, 3.63) is 23.3 Å². The smallest absolute Gasteiger partial charge is 0.137 e. The first kappa shape index (κ1) is 16.9. The Labute approximate surface area is 134 Å². The second-order valence-electron chi connectivity index (χ2n) is 6.39. The van der Waals surface area contributed by atoms with Crippen LogP contribution in [0.25, 0.3) is 0 Å². The van der Waals surface area contributed by atoms with Crippen LogP contribution in [0.15, 0.2) is 12.1 Å². The number of rotatable bonds is 7. The zero-order valence-corrected chi connectivity index (χ0v) is 14.1. The van der Waals surface area contributed by atoms with Gasteiger partial charge in [0.1, 0.15) is 17.3 Å². The minimum absolute atomic E-state index is 0.301. The van der Waals surface area contributed by atoms with Crippen molar-refractivity contribution in [2.45, 2.75) is 58.3 Å². The molecule has 0 bridgehead atoms. The Morgan fingerprint density at radius 2 is 1.77 bits per heavy atom. The van der Waals surface area contributed by atoms with E-state index in [1.54, 1.807) is 14.2 Å². The SMILES string of the molecule is COc1cc(CC(=O)CCC2CCCCC2)c(OC)cc1C. The monoisotopic (exact) mass is 304 g/mol. The molecule has 0 saturated heterocycles. The van der Waals surface area contributed by atoms with Crippen molar-refractivity contribution in [1.82, 2.24) is 0 Å². The molecule has 0 spiro atoms. The topological polar surface area (TPSA) is 35.5 Å². The number of hydrogen-bond acceptors (Lipinski definition) is 3. The third kappa shape index (κ3) is 4.49. The molecule has 0 aliphatic heterocycles. The summed E-state index contributed by atoms with van der Waals surface area (Å²) in [4.78, 5) is 12.3. The minimum Gasteiger partial charge on any atom is -0.496 e. The van der Waals surface area contributed by atoms with Crippen LogP contribution < -0.4 is 9.47 Å². The van der Waals surface area contributed by atoms with Crippen LogP contribution in [0.5, 0.6) is 11.5 Å². The van der Waals surface area contributed by atoms with Crippen LogP contribution in [0, 0.1) is 12.8 Å². The first-order chi connectivity index (χ1) is 10.6. The van der Waals surface area contributed by atoms with Crippen LogP contribution in [-0.4, -0.2) is 20.0 Å². The van der Waals surface area contributed by atoms with Crippen LogP contribution in [0.2, 0.25) is 0 Å². The molecule has 1 aromatic rings. The molecule has 1 aromatic carbocycles. The highest BCUT2D eigenvalue weighted by molar-refractivity contribution is 5.81. The second-order valence-corrected chi connectivity index (χ2v) is 6.39. The molecule has 0 unspecified atom stereocenters. The van der Waals surface area contributed by atoms with E-state index in [4.69, 9.17) is 9.47 Å². The molecule has 0 amide bonds. The van der Waals surface area contributed by atoms with Crippen molar-refractivity contribution in [2.24, 2.45) is 5.92 Å². The molecular formula is C19H28O3. The Hall–Kier alpha value is -1.51. The fourth-order valence-corrected chi connectivity index (χ4v) is 3.39. The largest absolute Gasteiger partial charge is 0.496 e. The van der Waals surface area contributed by atoms with Crippen LogP contribution in [0.3, 0.4) is 0 Å². The maximum Gasteiger partial charge on any atom is 0.137 e. The van der Waals surface area contributed by atoms with Crippen molar-refractivity contribution in [2.75, 3.05) is 14.2 Å². The first-order valence-electron chi connectivity index (χ1n) is 8.37. The number of hydrogen-bond donors (Lipinski definition) is 0. The Morgan fingerprint density at radius 3 is 2.41 bits per heavy atom. The predicted octanol–water partition coefficient (Wildman–Crippen LogP) is 4.48. The van der Waals surface area contributed by atoms with Gasteiger partial charge < -0.3 is 9.47 Å². The lowest BCUT2D eigenvalue weighted by Gasteiger charge is -2.21. The summed E-state index contributed by atoms with van der Waals surface area (Å²) in [5.74, 6) is 2.65. The summed E-state index contributed by atoms with van der Waals surface area (Å²) < 4.78 is 10.8. The Balaban J connectivity index is 1.95. The summed E-state index contributed by atoms with van der Waals surface area (Å²) in [5, 5.41) is 0. The molecule has 0 radical (unpaired) electrons. The van der Waals surface area contributed by atoms with Crippen LogP contribution in [-0.2, 0) is 11.2 Å². The maximum atomic E-state index is 12.3. The predicted molar refractivity (Wildman–Crippen MR) is 88.8 cm³/mol. The zero-order chi connectivity index (χ0) is 15.9. The van der Waals surface area contributed by atoms with Gasteiger partial charge in [0.05, 0.1) is 14.2 Å². The van der Waals surface area contributed by atoms with Gasteiger partial charge in [0.2, 0.25) is 0 Å². The van der Waals surface area contributed by atoms with Gasteiger partial charge >= 0.3 is 0 Å². The molecule has 2 rings (SSSR count). The molecule has 1 saturated carbocycles. The summed E-state index contributed by atoms with van der Waals surface area (Å²) in [6, 6.07) is 3.88. The van der Waals surface area contributed by atoms with Gasteiger partial charge in [0.25, 0.3) is 0 Å². The molecule has 0 heterocycles. The highest BCUT2D eigenvalue weighted by Crippen LogP contribution is 2.30. The highest BCUT2D eigenvalue weighted by Gasteiger charge is 2.16. The summed E-state index contributed by atoms with van der Waals surface area (Å²) in [7, 11) is 3.31. The van der Waals surface area contributed by atoms with Crippen molar-refractivity contribution in [3.63, 3.8) is 0 Å². The molecule has 3 heteroatoms. The normalized spacial score (nSPS) is 15.6. The molecule has 3 nitrogen and oxygen atoms in total. The second kappa shape index (κ2) is 8.21. The fourth-order valence-electron chi connectivity index (χ4n) is 3.39. The lowest BCUT2D eigenvalue weighted by Crippen LogP contribution is -2.11. The van der Waals surface area contributed by atoms with Gasteiger partial charge in [-0.05, 0) is 37.0 Å². The van der Waals surface area contributed by atoms with E-state index < -0.39 is 0 Å². The molecule has 22 heavy (non-hydrogen) atoms. The molecule has 1 aliphatic carbocycles. The summed E-state index contributed by atoms with van der Waals surface area (Å²) in [5.41, 5.74) is 1.95. The number of carbonyl (C=O) groups excluding carboxylic acids is 1. The highest BCUT2D eigenvalue weighted by atomic mass is 16.5. The third-order valence-corrected chi connectivity index (χ3v) is 4.74. The van der Waals surface area contributed by atoms with Crippen molar-refractivity contribution < 1.29 is 14.3 Å². The Kier molecular flexibility index (Phi) is 6.29. The van der Waals surface area contributed by atoms with Crippen LogP contribution in [0.4, 0.5) is 0 Å². The van der Waals surface area contributed by atoms with Gasteiger partial charge in [-0.1, -0.05) is 32.1 Å². The zero-order valence-electron chi connectivity index (χ0n) is 14.1. The molecule has 0 atom stereocenters. The molecular weight excluding hydrogens is 276 g/mol. The lowest BCUT2D eigenvalue weighted by atomic mass is 9.85. The third-order valence-electron chi connectivity index (χ3n) is 4.74. The van der Waals surface area contributed by atoms with E-state index in [-0.39, 0.29) is 0 Å².